The summed E-state index contributed by atoms with van der Waals surface area (Å²) in [5, 5.41) is 93.2. The van der Waals surface area contributed by atoms with Crippen molar-refractivity contribution in [1.29, 1.82) is 0 Å². The normalized spacial score (nSPS) is 50.0. The van der Waals surface area contributed by atoms with Gasteiger partial charge in [-0.1, -0.05) is 0 Å². The standard InChI is InChI=1S/C20H35NO15/c1-5-10(25)12(27)14(29)19(32-5)35-16-8(4-23)33-18(31)9(21-6(2)24)17(16)36-20-15(30)13(28)11(26)7(3-22)34-20/h5,7-20,22-23,25-31H,3-4H2,1-2H3,(H,21,24)/t5?,7-,8-,9-,10-,11+,12-,13+,14+,15-,16-,17-,18?,19+,20+/m1/s1. The number of amides is 1. The van der Waals surface area contributed by atoms with Gasteiger partial charge < -0.3 is 75.0 Å². The molecule has 10 N–H and O–H groups in total. The van der Waals surface area contributed by atoms with Gasteiger partial charge in [0.15, 0.2) is 18.9 Å². The van der Waals surface area contributed by atoms with Crippen LogP contribution in [0.1, 0.15) is 13.8 Å². The van der Waals surface area contributed by atoms with Gasteiger partial charge in [0, 0.05) is 6.92 Å². The molecule has 2 unspecified atom stereocenters. The molecule has 0 radical (unpaired) electrons. The molecule has 3 rings (SSSR count). The van der Waals surface area contributed by atoms with Crippen LogP contribution in [0.25, 0.3) is 0 Å². The van der Waals surface area contributed by atoms with E-state index in [2.05, 4.69) is 5.32 Å². The van der Waals surface area contributed by atoms with Gasteiger partial charge in [-0.3, -0.25) is 4.79 Å². The van der Waals surface area contributed by atoms with Crippen LogP contribution >= 0.6 is 0 Å². The van der Waals surface area contributed by atoms with Crippen LogP contribution in [-0.2, 0) is 28.5 Å². The lowest BCUT2D eigenvalue weighted by atomic mass is 9.94. The van der Waals surface area contributed by atoms with E-state index in [0.29, 0.717) is 0 Å². The summed E-state index contributed by atoms with van der Waals surface area (Å²) in [6.45, 7) is 1.00. The predicted molar refractivity (Wildman–Crippen MR) is 111 cm³/mol. The summed E-state index contributed by atoms with van der Waals surface area (Å²) in [4.78, 5) is 11.8. The van der Waals surface area contributed by atoms with Crippen molar-refractivity contribution in [1.82, 2.24) is 5.32 Å². The maximum Gasteiger partial charge on any atom is 0.217 e. The number of hydrogen-bond donors (Lipinski definition) is 10. The Morgan fingerprint density at radius 3 is 1.81 bits per heavy atom. The quantitative estimate of drug-likeness (QED) is 0.147. The van der Waals surface area contributed by atoms with E-state index in [1.807, 2.05) is 0 Å². The Labute approximate surface area is 205 Å². The smallest absolute Gasteiger partial charge is 0.217 e. The first kappa shape index (κ1) is 29.5. The minimum Gasteiger partial charge on any atom is -0.394 e. The summed E-state index contributed by atoms with van der Waals surface area (Å²) in [5.74, 6) is -0.646. The van der Waals surface area contributed by atoms with E-state index in [-0.39, 0.29) is 0 Å². The molecule has 0 aliphatic carbocycles. The molecular formula is C20H35NO15. The highest BCUT2D eigenvalue weighted by molar-refractivity contribution is 5.73. The Hall–Kier alpha value is -1.09. The number of carbonyl (C=O) groups excluding carboxylic acids is 1. The van der Waals surface area contributed by atoms with Gasteiger partial charge in [-0.15, -0.1) is 0 Å². The lowest BCUT2D eigenvalue weighted by Crippen LogP contribution is -2.69. The lowest BCUT2D eigenvalue weighted by molar-refractivity contribution is -0.370. The van der Waals surface area contributed by atoms with Crippen molar-refractivity contribution in [2.75, 3.05) is 13.2 Å². The van der Waals surface area contributed by atoms with Crippen LogP contribution in [0.2, 0.25) is 0 Å². The number of nitrogens with one attached hydrogen (secondary N) is 1. The number of carbonyl (C=O) groups is 1. The zero-order chi connectivity index (χ0) is 26.9. The van der Waals surface area contributed by atoms with Crippen LogP contribution in [0, 0.1) is 0 Å². The fourth-order valence-electron chi connectivity index (χ4n) is 4.40. The number of aliphatic hydroxyl groups is 9. The number of rotatable bonds is 7. The molecule has 15 atom stereocenters. The fraction of sp³-hybridized carbons (Fsp3) is 0.950. The largest absolute Gasteiger partial charge is 0.394 e. The highest BCUT2D eigenvalue weighted by atomic mass is 16.7. The van der Waals surface area contributed by atoms with Crippen molar-refractivity contribution >= 4 is 5.91 Å². The number of hydrogen-bond acceptors (Lipinski definition) is 15. The molecule has 3 saturated heterocycles. The first-order chi connectivity index (χ1) is 16.9. The maximum absolute atomic E-state index is 11.8. The third kappa shape index (κ3) is 5.97. The molecule has 210 valence electrons. The Morgan fingerprint density at radius 2 is 1.25 bits per heavy atom. The molecule has 0 aromatic heterocycles. The van der Waals surface area contributed by atoms with E-state index in [1.165, 1.54) is 6.92 Å². The monoisotopic (exact) mass is 529 g/mol. The maximum atomic E-state index is 11.8. The third-order valence-electron chi connectivity index (χ3n) is 6.45. The second-order valence-corrected chi connectivity index (χ2v) is 9.05. The van der Waals surface area contributed by atoms with Gasteiger partial charge in [-0.05, 0) is 6.92 Å². The van der Waals surface area contributed by atoms with Crippen molar-refractivity contribution in [3.05, 3.63) is 0 Å². The van der Waals surface area contributed by atoms with Crippen LogP contribution < -0.4 is 5.32 Å². The summed E-state index contributed by atoms with van der Waals surface area (Å²) < 4.78 is 27.7. The molecule has 3 aliphatic rings. The van der Waals surface area contributed by atoms with Crippen molar-refractivity contribution in [2.24, 2.45) is 0 Å². The minimum absolute atomic E-state index is 0.646. The van der Waals surface area contributed by atoms with E-state index in [0.717, 1.165) is 6.92 Å². The summed E-state index contributed by atoms with van der Waals surface area (Å²) >= 11 is 0. The van der Waals surface area contributed by atoms with Crippen molar-refractivity contribution in [3.8, 4) is 0 Å². The van der Waals surface area contributed by atoms with Crippen molar-refractivity contribution in [3.63, 3.8) is 0 Å². The minimum atomic E-state index is -1.86. The number of ether oxygens (including phenoxy) is 5. The van der Waals surface area contributed by atoms with Gasteiger partial charge >= 0.3 is 0 Å². The SMILES string of the molecule is CC(=O)N[C@H]1C(O)O[C@H](CO)[C@@H](O[C@@H]2OC(C)[C@@H](O)[C@@H](O)[C@@H]2O)[C@@H]1O[C@@H]1O[C@H](CO)[C@H](O)[C@H](O)[C@H]1O. The van der Waals surface area contributed by atoms with Crippen molar-refractivity contribution in [2.45, 2.75) is 106 Å². The zero-order valence-corrected chi connectivity index (χ0v) is 19.5. The predicted octanol–water partition coefficient (Wildman–Crippen LogP) is -6.40. The molecule has 0 spiro atoms. The molecule has 3 heterocycles. The second-order valence-electron chi connectivity index (χ2n) is 9.05. The molecule has 3 fully saturated rings. The average Bonchev–Trinajstić information content (AvgIpc) is 2.84. The molecule has 0 aromatic carbocycles. The first-order valence-electron chi connectivity index (χ1n) is 11.4. The Balaban J connectivity index is 1.92. The highest BCUT2D eigenvalue weighted by Gasteiger charge is 2.54. The van der Waals surface area contributed by atoms with Gasteiger partial charge in [-0.25, -0.2) is 0 Å². The van der Waals surface area contributed by atoms with E-state index in [4.69, 9.17) is 23.7 Å². The van der Waals surface area contributed by atoms with Crippen LogP contribution in [0.15, 0.2) is 0 Å². The molecule has 3 aliphatic heterocycles. The summed E-state index contributed by atoms with van der Waals surface area (Å²) in [6, 6.07) is -1.42. The molecule has 0 saturated carbocycles. The second kappa shape index (κ2) is 12.2. The highest BCUT2D eigenvalue weighted by Crippen LogP contribution is 2.32. The van der Waals surface area contributed by atoms with Crippen LogP contribution in [0.3, 0.4) is 0 Å². The van der Waals surface area contributed by atoms with Gasteiger partial charge in [-0.2, -0.15) is 0 Å². The van der Waals surface area contributed by atoms with Gasteiger partial charge in [0.2, 0.25) is 5.91 Å². The third-order valence-corrected chi connectivity index (χ3v) is 6.45. The van der Waals surface area contributed by atoms with Crippen molar-refractivity contribution < 1.29 is 74.4 Å². The van der Waals surface area contributed by atoms with Crippen LogP contribution in [0.5, 0.6) is 0 Å². The van der Waals surface area contributed by atoms with E-state index in [1.54, 1.807) is 0 Å². The van der Waals surface area contributed by atoms with E-state index >= 15 is 0 Å². The fourth-order valence-corrected chi connectivity index (χ4v) is 4.40. The number of aliphatic hydroxyl groups excluding tert-OH is 9. The van der Waals surface area contributed by atoms with E-state index in [9.17, 15) is 50.8 Å². The topological polar surface area (TPSA) is 257 Å². The molecule has 1 amide bonds. The average molecular weight is 529 g/mol. The van der Waals surface area contributed by atoms with E-state index < -0.39 is 111 Å². The summed E-state index contributed by atoms with van der Waals surface area (Å²) in [5.41, 5.74) is 0. The first-order valence-corrected chi connectivity index (χ1v) is 11.4. The zero-order valence-electron chi connectivity index (χ0n) is 19.5. The lowest BCUT2D eigenvalue weighted by Gasteiger charge is -2.49. The molecule has 0 bridgehead atoms. The van der Waals surface area contributed by atoms with Crippen LogP contribution in [-0.4, -0.2) is 157 Å². The molecule has 16 heteroatoms. The summed E-state index contributed by atoms with van der Waals surface area (Å²) in [6.07, 6.45) is -22.0. The van der Waals surface area contributed by atoms with Gasteiger partial charge in [0.25, 0.3) is 0 Å². The molecule has 0 aromatic rings. The van der Waals surface area contributed by atoms with Gasteiger partial charge in [0.1, 0.15) is 67.1 Å². The molecule has 16 nitrogen and oxygen atoms in total. The van der Waals surface area contributed by atoms with Gasteiger partial charge in [0.05, 0.1) is 19.3 Å². The molecule has 36 heavy (non-hydrogen) atoms. The Morgan fingerprint density at radius 1 is 0.722 bits per heavy atom. The van der Waals surface area contributed by atoms with Crippen LogP contribution in [0.4, 0.5) is 0 Å². The molecular weight excluding hydrogens is 494 g/mol. The Bertz CT molecular complexity index is 729. The summed E-state index contributed by atoms with van der Waals surface area (Å²) in [7, 11) is 0. The Kier molecular flexibility index (Phi) is 9.97.